The largest absolute Gasteiger partial charge is 0.469 e. The second-order valence-electron chi connectivity index (χ2n) is 3.04. The number of rotatable bonds is 7. The highest BCUT2D eigenvalue weighted by Crippen LogP contribution is 1.98. The van der Waals surface area contributed by atoms with Crippen LogP contribution in [0.15, 0.2) is 24.3 Å². The number of hydrogen-bond donors (Lipinski definition) is 0. The molecule has 0 aliphatic carbocycles. The monoisotopic (exact) mass is 196 g/mol. The van der Waals surface area contributed by atoms with Crippen molar-refractivity contribution in [3.05, 3.63) is 24.3 Å². The van der Waals surface area contributed by atoms with E-state index in [1.807, 2.05) is 6.08 Å². The van der Waals surface area contributed by atoms with E-state index in [-0.39, 0.29) is 5.97 Å². The molecule has 0 spiro atoms. The Labute approximate surface area is 86.6 Å². The molecule has 0 amide bonds. The lowest BCUT2D eigenvalue weighted by Gasteiger charge is -1.93. The van der Waals surface area contributed by atoms with Crippen LogP contribution in [0.1, 0.15) is 39.0 Å². The van der Waals surface area contributed by atoms with Crippen molar-refractivity contribution in [3.63, 3.8) is 0 Å². The Hall–Kier alpha value is -1.05. The van der Waals surface area contributed by atoms with Gasteiger partial charge < -0.3 is 4.74 Å². The number of unbranched alkanes of at least 4 members (excludes halogenated alkanes) is 1. The smallest absolute Gasteiger partial charge is 0.305 e. The predicted octanol–water partition coefficient (Wildman–Crippen LogP) is 3.24. The van der Waals surface area contributed by atoms with Crippen LogP contribution in [0.3, 0.4) is 0 Å². The molecular weight excluding hydrogens is 176 g/mol. The van der Waals surface area contributed by atoms with Crippen molar-refractivity contribution >= 4 is 5.97 Å². The molecule has 0 aromatic heterocycles. The van der Waals surface area contributed by atoms with E-state index in [9.17, 15) is 4.79 Å². The number of hydrogen-bond acceptors (Lipinski definition) is 2. The molecule has 0 saturated heterocycles. The third kappa shape index (κ3) is 9.04. The zero-order valence-electron chi connectivity index (χ0n) is 9.16. The van der Waals surface area contributed by atoms with Crippen molar-refractivity contribution in [2.24, 2.45) is 0 Å². The summed E-state index contributed by atoms with van der Waals surface area (Å²) < 4.78 is 4.53. The molecule has 2 nitrogen and oxygen atoms in total. The molecule has 0 heterocycles. The molecule has 2 heteroatoms. The van der Waals surface area contributed by atoms with Gasteiger partial charge in [0, 0.05) is 6.42 Å². The number of ether oxygens (including phenoxy) is 1. The molecule has 80 valence electrons. The number of allylic oxidation sites excluding steroid dienone is 4. The third-order valence-corrected chi connectivity index (χ3v) is 1.81. The molecule has 0 atom stereocenters. The molecular formula is C12H20O2. The van der Waals surface area contributed by atoms with Gasteiger partial charge in [0.15, 0.2) is 0 Å². The first-order valence-electron chi connectivity index (χ1n) is 5.18. The first-order valence-corrected chi connectivity index (χ1v) is 5.18. The SMILES string of the molecule is CC/C=C/CC/C=C/CCC(=O)OC. The van der Waals surface area contributed by atoms with Gasteiger partial charge in [0.05, 0.1) is 7.11 Å². The van der Waals surface area contributed by atoms with Crippen molar-refractivity contribution in [1.82, 2.24) is 0 Å². The van der Waals surface area contributed by atoms with Crippen molar-refractivity contribution in [2.75, 3.05) is 7.11 Å². The Morgan fingerprint density at radius 3 is 2.21 bits per heavy atom. The van der Waals surface area contributed by atoms with Crippen LogP contribution in [0.4, 0.5) is 0 Å². The molecule has 0 aromatic carbocycles. The summed E-state index contributed by atoms with van der Waals surface area (Å²) in [6, 6.07) is 0. The van der Waals surface area contributed by atoms with Gasteiger partial charge in [0.1, 0.15) is 0 Å². The van der Waals surface area contributed by atoms with E-state index in [1.165, 1.54) is 7.11 Å². The Bertz CT molecular complexity index is 192. The van der Waals surface area contributed by atoms with Gasteiger partial charge >= 0.3 is 5.97 Å². The predicted molar refractivity (Wildman–Crippen MR) is 59.1 cm³/mol. The summed E-state index contributed by atoms with van der Waals surface area (Å²) in [5.74, 6) is -0.138. The third-order valence-electron chi connectivity index (χ3n) is 1.81. The van der Waals surface area contributed by atoms with Gasteiger partial charge in [-0.2, -0.15) is 0 Å². The molecule has 0 rings (SSSR count). The molecule has 14 heavy (non-hydrogen) atoms. The maximum absolute atomic E-state index is 10.7. The Morgan fingerprint density at radius 2 is 1.64 bits per heavy atom. The molecule has 0 saturated carbocycles. The fraction of sp³-hybridized carbons (Fsp3) is 0.583. The minimum Gasteiger partial charge on any atom is -0.469 e. The Morgan fingerprint density at radius 1 is 1.07 bits per heavy atom. The summed E-state index contributed by atoms with van der Waals surface area (Å²) >= 11 is 0. The lowest BCUT2D eigenvalue weighted by atomic mass is 10.2. The van der Waals surface area contributed by atoms with Gasteiger partial charge in [-0.3, -0.25) is 4.79 Å². The van der Waals surface area contributed by atoms with Gasteiger partial charge in [0.2, 0.25) is 0 Å². The number of carbonyl (C=O) groups excluding carboxylic acids is 1. The van der Waals surface area contributed by atoms with Crippen LogP contribution in [-0.4, -0.2) is 13.1 Å². The molecule has 0 aromatic rings. The standard InChI is InChI=1S/C12H20O2/c1-3-4-5-6-7-8-9-10-11-12(13)14-2/h4-5,8-9H,3,6-7,10-11H2,1-2H3/b5-4+,9-8+. The van der Waals surface area contributed by atoms with E-state index >= 15 is 0 Å². The van der Waals surface area contributed by atoms with Crippen LogP contribution < -0.4 is 0 Å². The number of methoxy groups -OCH3 is 1. The van der Waals surface area contributed by atoms with E-state index in [4.69, 9.17) is 0 Å². The summed E-state index contributed by atoms with van der Waals surface area (Å²) in [7, 11) is 1.42. The average Bonchev–Trinajstić information content (AvgIpc) is 2.21. The summed E-state index contributed by atoms with van der Waals surface area (Å²) in [6.45, 7) is 2.13. The van der Waals surface area contributed by atoms with Gasteiger partial charge in [-0.25, -0.2) is 0 Å². The normalized spacial score (nSPS) is 11.3. The minimum absolute atomic E-state index is 0.138. The summed E-state index contributed by atoms with van der Waals surface area (Å²) in [6.07, 6.45) is 13.0. The van der Waals surface area contributed by atoms with Crippen molar-refractivity contribution in [1.29, 1.82) is 0 Å². The van der Waals surface area contributed by atoms with Crippen LogP contribution in [0.2, 0.25) is 0 Å². The lowest BCUT2D eigenvalue weighted by Crippen LogP contribution is -1.97. The van der Waals surface area contributed by atoms with Crippen molar-refractivity contribution in [2.45, 2.75) is 39.0 Å². The highest BCUT2D eigenvalue weighted by atomic mass is 16.5. The summed E-state index contributed by atoms with van der Waals surface area (Å²) in [5, 5.41) is 0. The summed E-state index contributed by atoms with van der Waals surface area (Å²) in [5.41, 5.74) is 0. The Kier molecular flexibility index (Phi) is 9.28. The lowest BCUT2D eigenvalue weighted by molar-refractivity contribution is -0.140. The van der Waals surface area contributed by atoms with E-state index in [1.54, 1.807) is 0 Å². The van der Waals surface area contributed by atoms with E-state index in [0.29, 0.717) is 6.42 Å². The van der Waals surface area contributed by atoms with Gasteiger partial charge in [0.25, 0.3) is 0 Å². The van der Waals surface area contributed by atoms with Crippen molar-refractivity contribution < 1.29 is 9.53 Å². The van der Waals surface area contributed by atoms with E-state index in [2.05, 4.69) is 29.9 Å². The first-order chi connectivity index (χ1) is 6.81. The van der Waals surface area contributed by atoms with Crippen LogP contribution in [-0.2, 0) is 9.53 Å². The first kappa shape index (κ1) is 12.9. The summed E-state index contributed by atoms with van der Waals surface area (Å²) in [4.78, 5) is 10.7. The van der Waals surface area contributed by atoms with Gasteiger partial charge in [-0.1, -0.05) is 31.2 Å². The van der Waals surface area contributed by atoms with E-state index < -0.39 is 0 Å². The molecule has 0 aliphatic rings. The van der Waals surface area contributed by atoms with Crippen LogP contribution >= 0.6 is 0 Å². The zero-order chi connectivity index (χ0) is 10.6. The minimum atomic E-state index is -0.138. The molecule has 0 radical (unpaired) electrons. The second-order valence-corrected chi connectivity index (χ2v) is 3.04. The second kappa shape index (κ2) is 10.0. The van der Waals surface area contributed by atoms with Crippen LogP contribution in [0.25, 0.3) is 0 Å². The molecule has 0 bridgehead atoms. The van der Waals surface area contributed by atoms with Gasteiger partial charge in [-0.15, -0.1) is 0 Å². The topological polar surface area (TPSA) is 26.3 Å². The fourth-order valence-corrected chi connectivity index (χ4v) is 1.02. The van der Waals surface area contributed by atoms with Crippen LogP contribution in [0.5, 0.6) is 0 Å². The average molecular weight is 196 g/mol. The molecule has 0 unspecified atom stereocenters. The highest BCUT2D eigenvalue weighted by molar-refractivity contribution is 5.69. The quantitative estimate of drug-likeness (QED) is 0.355. The fourth-order valence-electron chi connectivity index (χ4n) is 1.02. The highest BCUT2D eigenvalue weighted by Gasteiger charge is 1.94. The Balaban J connectivity index is 3.27. The maximum Gasteiger partial charge on any atom is 0.305 e. The van der Waals surface area contributed by atoms with Gasteiger partial charge in [-0.05, 0) is 25.7 Å². The zero-order valence-corrected chi connectivity index (χ0v) is 9.16. The van der Waals surface area contributed by atoms with Crippen molar-refractivity contribution in [3.8, 4) is 0 Å². The maximum atomic E-state index is 10.7. The van der Waals surface area contributed by atoms with Crippen LogP contribution in [0, 0.1) is 0 Å². The number of esters is 1. The molecule has 0 N–H and O–H groups in total. The number of carbonyl (C=O) groups is 1. The molecule has 0 fully saturated rings. The molecule has 0 aliphatic heterocycles. The van der Waals surface area contributed by atoms with E-state index in [0.717, 1.165) is 25.7 Å².